The Kier molecular flexibility index (Phi) is 7.50. The lowest BCUT2D eigenvalue weighted by molar-refractivity contribution is 0.0225. The van der Waals surface area contributed by atoms with Crippen LogP contribution in [-0.2, 0) is 30.8 Å². The van der Waals surface area contributed by atoms with Gasteiger partial charge in [0, 0.05) is 30.9 Å². The highest BCUT2D eigenvalue weighted by molar-refractivity contribution is 7.15. The van der Waals surface area contributed by atoms with E-state index < -0.39 is 5.60 Å². The third kappa shape index (κ3) is 6.45. The van der Waals surface area contributed by atoms with Crippen LogP contribution in [-0.4, -0.2) is 42.3 Å². The number of hydrogen-bond acceptors (Lipinski definition) is 7. The lowest BCUT2D eigenvalue weighted by Crippen LogP contribution is -2.39. The Bertz CT molecular complexity index is 1120. The number of rotatable bonds is 7. The van der Waals surface area contributed by atoms with Crippen LogP contribution in [0, 0.1) is 0 Å². The van der Waals surface area contributed by atoms with E-state index in [1.54, 1.807) is 30.5 Å². The fourth-order valence-corrected chi connectivity index (χ4v) is 5.09. The molecule has 2 heterocycles. The number of aromatic nitrogens is 1. The van der Waals surface area contributed by atoms with Crippen molar-refractivity contribution < 1.29 is 19.0 Å². The first-order valence-electron chi connectivity index (χ1n) is 11.7. The molecule has 0 bridgehead atoms. The average molecular weight is 496 g/mol. The van der Waals surface area contributed by atoms with Gasteiger partial charge in [-0.15, -0.1) is 0 Å². The van der Waals surface area contributed by atoms with Crippen LogP contribution in [0.2, 0.25) is 0 Å². The Morgan fingerprint density at radius 1 is 1.03 bits per heavy atom. The molecule has 35 heavy (non-hydrogen) atoms. The van der Waals surface area contributed by atoms with Gasteiger partial charge < -0.3 is 24.0 Å². The number of carbonyl (C=O) groups excluding carboxylic acids is 1. The summed E-state index contributed by atoms with van der Waals surface area (Å²) in [5, 5.41) is 0.937. The van der Waals surface area contributed by atoms with Crippen LogP contribution in [0.15, 0.2) is 48.5 Å². The van der Waals surface area contributed by atoms with Gasteiger partial charge in [0.1, 0.15) is 17.1 Å². The lowest BCUT2D eigenvalue weighted by Gasteiger charge is -2.29. The van der Waals surface area contributed by atoms with Gasteiger partial charge in [0.05, 0.1) is 26.5 Å². The van der Waals surface area contributed by atoms with Crippen LogP contribution < -0.4 is 14.4 Å². The lowest BCUT2D eigenvalue weighted by atomic mass is 10.1. The summed E-state index contributed by atoms with van der Waals surface area (Å²) in [5.41, 5.74) is 2.82. The molecule has 0 saturated carbocycles. The predicted molar refractivity (Wildman–Crippen MR) is 138 cm³/mol. The SMILES string of the molecule is COc1cccc(CN(Cc2cccc(OC)c2)c2nc3c(s2)CN(C(=O)OC(C)(C)C)CC3)c1. The maximum Gasteiger partial charge on any atom is 0.410 e. The summed E-state index contributed by atoms with van der Waals surface area (Å²) < 4.78 is 16.4. The first-order valence-corrected chi connectivity index (χ1v) is 12.5. The number of fused-ring (bicyclic) bond motifs is 1. The third-order valence-corrected chi connectivity index (χ3v) is 6.80. The second-order valence-corrected chi connectivity index (χ2v) is 10.6. The van der Waals surface area contributed by atoms with E-state index in [0.717, 1.165) is 44.7 Å². The smallest absolute Gasteiger partial charge is 0.410 e. The summed E-state index contributed by atoms with van der Waals surface area (Å²) >= 11 is 1.64. The second kappa shape index (κ2) is 10.6. The van der Waals surface area contributed by atoms with Crippen molar-refractivity contribution in [1.29, 1.82) is 0 Å². The molecule has 1 amide bonds. The normalized spacial score (nSPS) is 13.2. The number of anilines is 1. The molecule has 1 aromatic heterocycles. The van der Waals surface area contributed by atoms with Crippen molar-refractivity contribution in [2.75, 3.05) is 25.7 Å². The van der Waals surface area contributed by atoms with Crippen molar-refractivity contribution >= 4 is 22.6 Å². The van der Waals surface area contributed by atoms with E-state index in [2.05, 4.69) is 29.2 Å². The van der Waals surface area contributed by atoms with E-state index in [-0.39, 0.29) is 6.09 Å². The number of carbonyl (C=O) groups is 1. The van der Waals surface area contributed by atoms with Crippen molar-refractivity contribution in [3.05, 3.63) is 70.2 Å². The van der Waals surface area contributed by atoms with Gasteiger partial charge in [-0.25, -0.2) is 9.78 Å². The number of amides is 1. The van der Waals surface area contributed by atoms with Gasteiger partial charge in [0.2, 0.25) is 0 Å². The molecule has 0 N–H and O–H groups in total. The second-order valence-electron chi connectivity index (χ2n) is 9.58. The van der Waals surface area contributed by atoms with Crippen molar-refractivity contribution in [2.45, 2.75) is 52.4 Å². The number of ether oxygens (including phenoxy) is 3. The number of hydrogen-bond donors (Lipinski definition) is 0. The first kappa shape index (κ1) is 24.9. The molecule has 186 valence electrons. The van der Waals surface area contributed by atoms with Crippen LogP contribution in [0.25, 0.3) is 0 Å². The molecule has 3 aromatic rings. The maximum atomic E-state index is 12.6. The molecule has 1 aliphatic rings. The maximum absolute atomic E-state index is 12.6. The van der Waals surface area contributed by atoms with Gasteiger partial charge in [0.25, 0.3) is 0 Å². The van der Waals surface area contributed by atoms with E-state index in [1.165, 1.54) is 0 Å². The van der Waals surface area contributed by atoms with Crippen molar-refractivity contribution in [3.8, 4) is 11.5 Å². The van der Waals surface area contributed by atoms with Crippen LogP contribution in [0.4, 0.5) is 9.93 Å². The van der Waals surface area contributed by atoms with Gasteiger partial charge >= 0.3 is 6.09 Å². The van der Waals surface area contributed by atoms with E-state index in [4.69, 9.17) is 19.2 Å². The number of thiazole rings is 1. The van der Waals surface area contributed by atoms with E-state index >= 15 is 0 Å². The van der Waals surface area contributed by atoms with Crippen LogP contribution in [0.5, 0.6) is 11.5 Å². The molecule has 0 radical (unpaired) electrons. The number of nitrogens with zero attached hydrogens (tertiary/aromatic N) is 3. The summed E-state index contributed by atoms with van der Waals surface area (Å²) in [4.78, 5) is 22.8. The van der Waals surface area contributed by atoms with Crippen LogP contribution in [0.3, 0.4) is 0 Å². The molecule has 1 aliphatic heterocycles. The van der Waals surface area contributed by atoms with Gasteiger partial charge in [-0.3, -0.25) is 0 Å². The summed E-state index contributed by atoms with van der Waals surface area (Å²) in [7, 11) is 3.36. The first-order chi connectivity index (χ1) is 16.7. The Morgan fingerprint density at radius 2 is 1.63 bits per heavy atom. The zero-order chi connectivity index (χ0) is 25.0. The molecule has 0 atom stereocenters. The quantitative estimate of drug-likeness (QED) is 0.421. The summed E-state index contributed by atoms with van der Waals surface area (Å²) in [6.45, 7) is 8.15. The zero-order valence-electron chi connectivity index (χ0n) is 21.0. The Hall–Kier alpha value is -3.26. The average Bonchev–Trinajstić information content (AvgIpc) is 3.26. The molecular formula is C27H33N3O4S. The standard InChI is InChI=1S/C27H33N3O4S/c1-27(2,3)34-26(31)29-13-12-23-24(18-29)35-25(28-23)30(16-19-8-6-10-21(14-19)32-4)17-20-9-7-11-22(15-20)33-5/h6-11,14-15H,12-13,16-18H2,1-5H3. The highest BCUT2D eigenvalue weighted by atomic mass is 32.1. The fraction of sp³-hybridized carbons (Fsp3) is 0.407. The highest BCUT2D eigenvalue weighted by Gasteiger charge is 2.29. The van der Waals surface area contributed by atoms with E-state index in [9.17, 15) is 4.79 Å². The van der Waals surface area contributed by atoms with Gasteiger partial charge in [-0.05, 0) is 56.2 Å². The summed E-state index contributed by atoms with van der Waals surface area (Å²) in [6.07, 6.45) is 0.444. The molecule has 4 rings (SSSR count). The highest BCUT2D eigenvalue weighted by Crippen LogP contribution is 2.33. The molecular weight excluding hydrogens is 462 g/mol. The molecule has 7 nitrogen and oxygen atoms in total. The fourth-order valence-electron chi connectivity index (χ4n) is 3.97. The third-order valence-electron chi connectivity index (χ3n) is 5.66. The van der Waals surface area contributed by atoms with Crippen LogP contribution >= 0.6 is 11.3 Å². The largest absolute Gasteiger partial charge is 0.497 e. The molecule has 0 aliphatic carbocycles. The molecule has 0 spiro atoms. The minimum atomic E-state index is -0.513. The minimum Gasteiger partial charge on any atom is -0.497 e. The van der Waals surface area contributed by atoms with Gasteiger partial charge in [-0.2, -0.15) is 0 Å². The summed E-state index contributed by atoms with van der Waals surface area (Å²) in [5.74, 6) is 1.66. The van der Waals surface area contributed by atoms with E-state index in [0.29, 0.717) is 26.2 Å². The van der Waals surface area contributed by atoms with Crippen molar-refractivity contribution in [3.63, 3.8) is 0 Å². The molecule has 8 heteroatoms. The molecule has 2 aromatic carbocycles. The Balaban J connectivity index is 1.59. The molecule has 0 fully saturated rings. The predicted octanol–water partition coefficient (Wildman–Crippen LogP) is 5.66. The number of methoxy groups -OCH3 is 2. The minimum absolute atomic E-state index is 0.275. The zero-order valence-corrected chi connectivity index (χ0v) is 21.9. The molecule has 0 unspecified atom stereocenters. The van der Waals surface area contributed by atoms with Gasteiger partial charge in [-0.1, -0.05) is 35.6 Å². The number of benzene rings is 2. The van der Waals surface area contributed by atoms with Crippen molar-refractivity contribution in [1.82, 2.24) is 9.88 Å². The monoisotopic (exact) mass is 495 g/mol. The Labute approximate surface area is 211 Å². The van der Waals surface area contributed by atoms with E-state index in [1.807, 2.05) is 45.0 Å². The van der Waals surface area contributed by atoms with Crippen LogP contribution in [0.1, 0.15) is 42.5 Å². The Morgan fingerprint density at radius 3 is 2.17 bits per heavy atom. The molecule has 0 saturated heterocycles. The van der Waals surface area contributed by atoms with Crippen molar-refractivity contribution in [2.24, 2.45) is 0 Å². The van der Waals surface area contributed by atoms with Gasteiger partial charge in [0.15, 0.2) is 5.13 Å². The summed E-state index contributed by atoms with van der Waals surface area (Å²) in [6, 6.07) is 16.2. The topological polar surface area (TPSA) is 64.1 Å².